The van der Waals surface area contributed by atoms with Crippen molar-refractivity contribution in [2.45, 2.75) is 0 Å². The van der Waals surface area contributed by atoms with Gasteiger partial charge in [0, 0.05) is 21.9 Å². The number of nitrogens with one attached hydrogen (secondary N) is 1. The summed E-state index contributed by atoms with van der Waals surface area (Å²) in [6, 6.07) is 10.5. The maximum atomic E-state index is 8.92. The molecule has 0 unspecified atom stereocenters. The number of benzene rings is 1. The molecular formula is C12H7Cl2N3. The van der Waals surface area contributed by atoms with E-state index >= 15 is 0 Å². The molecule has 0 spiro atoms. The van der Waals surface area contributed by atoms with Gasteiger partial charge in [-0.25, -0.2) is 4.98 Å². The number of hydrogen-bond donors (Lipinski definition) is 1. The molecule has 2 aromatic rings. The second-order valence-electron chi connectivity index (χ2n) is 3.29. The smallest absolute Gasteiger partial charge is 0.148 e. The summed E-state index contributed by atoms with van der Waals surface area (Å²) >= 11 is 11.8. The molecule has 1 N–H and O–H groups in total. The Morgan fingerprint density at radius 2 is 1.88 bits per heavy atom. The van der Waals surface area contributed by atoms with Crippen LogP contribution in [0.5, 0.6) is 0 Å². The first kappa shape index (κ1) is 11.7. The standard InChI is InChI=1S/C12H7Cl2N3/c13-9-4-10(14)6-11(5-9)17-12-8(7-15)2-1-3-16-12/h1-6H,(H,16,17). The number of pyridine rings is 1. The number of nitriles is 1. The molecule has 1 aromatic carbocycles. The fourth-order valence-electron chi connectivity index (χ4n) is 1.36. The molecule has 0 aliphatic rings. The Hall–Kier alpha value is -1.76. The summed E-state index contributed by atoms with van der Waals surface area (Å²) in [7, 11) is 0. The van der Waals surface area contributed by atoms with E-state index in [1.54, 1.807) is 36.5 Å². The van der Waals surface area contributed by atoms with Crippen LogP contribution in [-0.4, -0.2) is 4.98 Å². The van der Waals surface area contributed by atoms with Crippen LogP contribution in [0.25, 0.3) is 0 Å². The van der Waals surface area contributed by atoms with E-state index in [1.165, 1.54) is 0 Å². The van der Waals surface area contributed by atoms with Crippen molar-refractivity contribution in [3.63, 3.8) is 0 Å². The van der Waals surface area contributed by atoms with Crippen LogP contribution < -0.4 is 5.32 Å². The van der Waals surface area contributed by atoms with Crippen LogP contribution >= 0.6 is 23.2 Å². The molecule has 0 fully saturated rings. The summed E-state index contributed by atoms with van der Waals surface area (Å²) in [4.78, 5) is 4.08. The van der Waals surface area contributed by atoms with Gasteiger partial charge in [0.25, 0.3) is 0 Å². The molecule has 5 heteroatoms. The summed E-state index contributed by atoms with van der Waals surface area (Å²) in [5.74, 6) is 0.480. The highest BCUT2D eigenvalue weighted by Crippen LogP contribution is 2.25. The van der Waals surface area contributed by atoms with E-state index in [2.05, 4.69) is 16.4 Å². The Morgan fingerprint density at radius 3 is 2.53 bits per heavy atom. The van der Waals surface area contributed by atoms with Crippen molar-refractivity contribution in [1.29, 1.82) is 5.26 Å². The molecule has 0 saturated heterocycles. The lowest BCUT2D eigenvalue weighted by atomic mass is 10.2. The minimum atomic E-state index is 0.462. The lowest BCUT2D eigenvalue weighted by Crippen LogP contribution is -1.96. The number of rotatable bonds is 2. The SMILES string of the molecule is N#Cc1cccnc1Nc1cc(Cl)cc(Cl)c1. The second-order valence-corrected chi connectivity index (χ2v) is 4.17. The van der Waals surface area contributed by atoms with E-state index in [1.807, 2.05) is 0 Å². The van der Waals surface area contributed by atoms with Crippen LogP contribution in [0.2, 0.25) is 10.0 Å². The fourth-order valence-corrected chi connectivity index (χ4v) is 1.88. The molecule has 1 heterocycles. The molecule has 2 rings (SSSR count). The number of halogens is 2. The maximum Gasteiger partial charge on any atom is 0.148 e. The largest absolute Gasteiger partial charge is 0.339 e. The topological polar surface area (TPSA) is 48.7 Å². The minimum absolute atomic E-state index is 0.462. The third-order valence-electron chi connectivity index (χ3n) is 2.05. The second kappa shape index (κ2) is 5.05. The van der Waals surface area contributed by atoms with Gasteiger partial charge in [0.05, 0.1) is 5.56 Å². The van der Waals surface area contributed by atoms with Gasteiger partial charge < -0.3 is 5.32 Å². The van der Waals surface area contributed by atoms with Gasteiger partial charge in [-0.2, -0.15) is 5.26 Å². The number of anilines is 2. The third-order valence-corrected chi connectivity index (χ3v) is 2.49. The number of nitrogens with zero attached hydrogens (tertiary/aromatic N) is 2. The lowest BCUT2D eigenvalue weighted by Gasteiger charge is -2.07. The molecule has 0 amide bonds. The van der Waals surface area contributed by atoms with Gasteiger partial charge in [0.1, 0.15) is 11.9 Å². The van der Waals surface area contributed by atoms with E-state index in [0.29, 0.717) is 27.1 Å². The first-order valence-electron chi connectivity index (χ1n) is 4.77. The van der Waals surface area contributed by atoms with Gasteiger partial charge in [-0.1, -0.05) is 23.2 Å². The van der Waals surface area contributed by atoms with Crippen molar-refractivity contribution in [1.82, 2.24) is 4.98 Å². The van der Waals surface area contributed by atoms with Crippen molar-refractivity contribution in [2.24, 2.45) is 0 Å². The van der Waals surface area contributed by atoms with Crippen LogP contribution in [0.1, 0.15) is 5.56 Å². The normalized spacial score (nSPS) is 9.71. The predicted octanol–water partition coefficient (Wildman–Crippen LogP) is 4.00. The van der Waals surface area contributed by atoms with Crippen molar-refractivity contribution >= 4 is 34.7 Å². The highest BCUT2D eigenvalue weighted by Gasteiger charge is 2.04. The van der Waals surface area contributed by atoms with Gasteiger partial charge in [0.2, 0.25) is 0 Å². The Kier molecular flexibility index (Phi) is 3.48. The molecule has 3 nitrogen and oxygen atoms in total. The predicted molar refractivity (Wildman–Crippen MR) is 68.7 cm³/mol. The number of aromatic nitrogens is 1. The van der Waals surface area contributed by atoms with Crippen molar-refractivity contribution in [3.8, 4) is 6.07 Å². The van der Waals surface area contributed by atoms with Gasteiger partial charge >= 0.3 is 0 Å². The number of hydrogen-bond acceptors (Lipinski definition) is 3. The van der Waals surface area contributed by atoms with Crippen LogP contribution in [0, 0.1) is 11.3 Å². The molecule has 1 aromatic heterocycles. The first-order valence-corrected chi connectivity index (χ1v) is 5.53. The molecule has 0 saturated carbocycles. The molecule has 0 aliphatic carbocycles. The average Bonchev–Trinajstić information content (AvgIpc) is 2.28. The van der Waals surface area contributed by atoms with Crippen LogP contribution in [-0.2, 0) is 0 Å². The molecule has 17 heavy (non-hydrogen) atoms. The summed E-state index contributed by atoms with van der Waals surface area (Å²) in [5.41, 5.74) is 1.15. The zero-order chi connectivity index (χ0) is 12.3. The summed E-state index contributed by atoms with van der Waals surface area (Å²) in [6.45, 7) is 0. The Bertz CT molecular complexity index is 570. The highest BCUT2D eigenvalue weighted by atomic mass is 35.5. The third kappa shape index (κ3) is 2.88. The molecule has 0 atom stereocenters. The van der Waals surface area contributed by atoms with E-state index in [0.717, 1.165) is 0 Å². The summed E-state index contributed by atoms with van der Waals surface area (Å²) < 4.78 is 0. The van der Waals surface area contributed by atoms with Crippen molar-refractivity contribution in [3.05, 3.63) is 52.1 Å². The Balaban J connectivity index is 2.35. The van der Waals surface area contributed by atoms with Crippen molar-refractivity contribution < 1.29 is 0 Å². The van der Waals surface area contributed by atoms with Crippen LogP contribution in [0.3, 0.4) is 0 Å². The quantitative estimate of drug-likeness (QED) is 0.891. The van der Waals surface area contributed by atoms with Crippen molar-refractivity contribution in [2.75, 3.05) is 5.32 Å². The average molecular weight is 264 g/mol. The minimum Gasteiger partial charge on any atom is -0.339 e. The summed E-state index contributed by atoms with van der Waals surface area (Å²) in [5, 5.41) is 13.0. The zero-order valence-electron chi connectivity index (χ0n) is 8.61. The zero-order valence-corrected chi connectivity index (χ0v) is 10.1. The van der Waals surface area contributed by atoms with E-state index in [4.69, 9.17) is 28.5 Å². The molecule has 0 radical (unpaired) electrons. The van der Waals surface area contributed by atoms with E-state index in [9.17, 15) is 0 Å². The van der Waals surface area contributed by atoms with Gasteiger partial charge in [-0.3, -0.25) is 0 Å². The lowest BCUT2D eigenvalue weighted by molar-refractivity contribution is 1.28. The van der Waals surface area contributed by atoms with E-state index < -0.39 is 0 Å². The first-order chi connectivity index (χ1) is 8.19. The molecule has 84 valence electrons. The molecular weight excluding hydrogens is 257 g/mol. The fraction of sp³-hybridized carbons (Fsp3) is 0. The van der Waals surface area contributed by atoms with E-state index in [-0.39, 0.29) is 0 Å². The molecule has 0 bridgehead atoms. The van der Waals surface area contributed by atoms with Crippen LogP contribution in [0.4, 0.5) is 11.5 Å². The Labute approximate surface area is 109 Å². The van der Waals surface area contributed by atoms with Gasteiger partial charge in [-0.05, 0) is 30.3 Å². The molecule has 0 aliphatic heterocycles. The highest BCUT2D eigenvalue weighted by molar-refractivity contribution is 6.35. The Morgan fingerprint density at radius 1 is 1.18 bits per heavy atom. The van der Waals surface area contributed by atoms with Gasteiger partial charge in [0.15, 0.2) is 0 Å². The summed E-state index contributed by atoms with van der Waals surface area (Å²) in [6.07, 6.45) is 1.61. The van der Waals surface area contributed by atoms with Gasteiger partial charge in [-0.15, -0.1) is 0 Å². The van der Waals surface area contributed by atoms with Crippen LogP contribution in [0.15, 0.2) is 36.5 Å². The maximum absolute atomic E-state index is 8.92. The monoisotopic (exact) mass is 263 g/mol.